The summed E-state index contributed by atoms with van der Waals surface area (Å²) in [5.74, 6) is 0.660. The number of halogens is 1. The molecule has 2 nitrogen and oxygen atoms in total. The van der Waals surface area contributed by atoms with Crippen LogP contribution in [0.5, 0.6) is 0 Å². The van der Waals surface area contributed by atoms with Crippen LogP contribution < -0.4 is 10.2 Å². The van der Waals surface area contributed by atoms with Gasteiger partial charge in [-0.15, -0.1) is 0 Å². The molecule has 0 atom stereocenters. The third-order valence-electron chi connectivity index (χ3n) is 3.41. The standard InChI is InChI=1S/C18H23BrN2/c1-14(2)12-20-13-15-11-16(19)9-10-18(15)21(3)17-7-5-4-6-8-17/h4-11,14,20H,12-13H2,1-3H3. The van der Waals surface area contributed by atoms with Crippen molar-refractivity contribution in [3.05, 3.63) is 58.6 Å². The monoisotopic (exact) mass is 346 g/mol. The van der Waals surface area contributed by atoms with E-state index >= 15 is 0 Å². The van der Waals surface area contributed by atoms with Crippen LogP contribution in [0.4, 0.5) is 11.4 Å². The molecule has 0 aliphatic rings. The number of benzene rings is 2. The molecule has 0 radical (unpaired) electrons. The lowest BCUT2D eigenvalue weighted by molar-refractivity contribution is 0.552. The van der Waals surface area contributed by atoms with E-state index in [1.54, 1.807) is 0 Å². The first kappa shape index (κ1) is 16.1. The zero-order valence-electron chi connectivity index (χ0n) is 12.9. The molecule has 0 heterocycles. The van der Waals surface area contributed by atoms with Crippen LogP contribution in [0.25, 0.3) is 0 Å². The molecule has 0 unspecified atom stereocenters. The Balaban J connectivity index is 2.22. The normalized spacial score (nSPS) is 10.9. The second kappa shape index (κ2) is 7.62. The fourth-order valence-electron chi connectivity index (χ4n) is 2.31. The molecule has 2 rings (SSSR count). The molecule has 0 spiro atoms. The van der Waals surface area contributed by atoms with Crippen molar-refractivity contribution in [1.82, 2.24) is 5.32 Å². The minimum Gasteiger partial charge on any atom is -0.344 e. The molecule has 0 aliphatic carbocycles. The molecule has 3 heteroatoms. The maximum Gasteiger partial charge on any atom is 0.0454 e. The van der Waals surface area contributed by atoms with Gasteiger partial charge in [-0.25, -0.2) is 0 Å². The zero-order valence-corrected chi connectivity index (χ0v) is 14.5. The van der Waals surface area contributed by atoms with Gasteiger partial charge in [0, 0.05) is 29.4 Å². The second-order valence-electron chi connectivity index (χ2n) is 5.69. The van der Waals surface area contributed by atoms with Gasteiger partial charge >= 0.3 is 0 Å². The minimum atomic E-state index is 0.660. The Hall–Kier alpha value is -1.32. The van der Waals surface area contributed by atoms with Crippen LogP contribution >= 0.6 is 15.9 Å². The summed E-state index contributed by atoms with van der Waals surface area (Å²) in [6, 6.07) is 16.9. The topological polar surface area (TPSA) is 15.3 Å². The average Bonchev–Trinajstić information content (AvgIpc) is 2.47. The summed E-state index contributed by atoms with van der Waals surface area (Å²) in [5.41, 5.74) is 3.74. The van der Waals surface area contributed by atoms with Gasteiger partial charge in [0.2, 0.25) is 0 Å². The number of hydrogen-bond donors (Lipinski definition) is 1. The highest BCUT2D eigenvalue weighted by Gasteiger charge is 2.09. The highest BCUT2D eigenvalue weighted by Crippen LogP contribution is 2.29. The number of para-hydroxylation sites is 1. The number of nitrogens with zero attached hydrogens (tertiary/aromatic N) is 1. The van der Waals surface area contributed by atoms with Crippen LogP contribution in [0, 0.1) is 5.92 Å². The Morgan fingerprint density at radius 1 is 1.10 bits per heavy atom. The predicted octanol–water partition coefficient (Wildman–Crippen LogP) is 4.96. The van der Waals surface area contributed by atoms with Gasteiger partial charge in [-0.05, 0) is 48.4 Å². The SMILES string of the molecule is CC(C)CNCc1cc(Br)ccc1N(C)c1ccccc1. The van der Waals surface area contributed by atoms with Crippen molar-refractivity contribution in [1.29, 1.82) is 0 Å². The molecule has 0 saturated carbocycles. The van der Waals surface area contributed by atoms with E-state index in [9.17, 15) is 0 Å². The van der Waals surface area contributed by atoms with Crippen LogP contribution in [-0.2, 0) is 6.54 Å². The van der Waals surface area contributed by atoms with E-state index in [4.69, 9.17) is 0 Å². The lowest BCUT2D eigenvalue weighted by Gasteiger charge is -2.23. The van der Waals surface area contributed by atoms with Gasteiger partial charge in [-0.3, -0.25) is 0 Å². The van der Waals surface area contributed by atoms with E-state index in [2.05, 4.69) is 89.5 Å². The molecular weight excluding hydrogens is 324 g/mol. The van der Waals surface area contributed by atoms with E-state index < -0.39 is 0 Å². The van der Waals surface area contributed by atoms with Crippen molar-refractivity contribution < 1.29 is 0 Å². The summed E-state index contributed by atoms with van der Waals surface area (Å²) < 4.78 is 1.12. The summed E-state index contributed by atoms with van der Waals surface area (Å²) >= 11 is 3.58. The minimum absolute atomic E-state index is 0.660. The molecular formula is C18H23BrN2. The highest BCUT2D eigenvalue weighted by molar-refractivity contribution is 9.10. The van der Waals surface area contributed by atoms with Gasteiger partial charge in [-0.1, -0.05) is 48.0 Å². The molecule has 0 aliphatic heterocycles. The number of hydrogen-bond acceptors (Lipinski definition) is 2. The van der Waals surface area contributed by atoms with Gasteiger partial charge in [0.05, 0.1) is 0 Å². The summed E-state index contributed by atoms with van der Waals surface area (Å²) in [4.78, 5) is 2.23. The van der Waals surface area contributed by atoms with Crippen molar-refractivity contribution in [3.8, 4) is 0 Å². The van der Waals surface area contributed by atoms with Crippen molar-refractivity contribution in [2.75, 3.05) is 18.5 Å². The molecule has 21 heavy (non-hydrogen) atoms. The fourth-order valence-corrected chi connectivity index (χ4v) is 2.72. The molecule has 0 aromatic heterocycles. The first-order chi connectivity index (χ1) is 10.1. The molecule has 0 bridgehead atoms. The maximum atomic E-state index is 3.58. The average molecular weight is 347 g/mol. The van der Waals surface area contributed by atoms with Crippen molar-refractivity contribution in [2.24, 2.45) is 5.92 Å². The highest BCUT2D eigenvalue weighted by atomic mass is 79.9. The summed E-state index contributed by atoms with van der Waals surface area (Å²) in [6.07, 6.45) is 0. The largest absolute Gasteiger partial charge is 0.344 e. The van der Waals surface area contributed by atoms with Crippen LogP contribution in [-0.4, -0.2) is 13.6 Å². The fraction of sp³-hybridized carbons (Fsp3) is 0.333. The smallest absolute Gasteiger partial charge is 0.0454 e. The summed E-state index contributed by atoms with van der Waals surface area (Å²) in [6.45, 7) is 6.36. The summed E-state index contributed by atoms with van der Waals surface area (Å²) in [7, 11) is 2.12. The lowest BCUT2D eigenvalue weighted by Crippen LogP contribution is -2.21. The van der Waals surface area contributed by atoms with E-state index in [-0.39, 0.29) is 0 Å². The van der Waals surface area contributed by atoms with E-state index in [0.29, 0.717) is 5.92 Å². The third kappa shape index (κ3) is 4.58. The van der Waals surface area contributed by atoms with Crippen LogP contribution in [0.15, 0.2) is 53.0 Å². The molecule has 0 amide bonds. The number of anilines is 2. The predicted molar refractivity (Wildman–Crippen MR) is 95.2 cm³/mol. The van der Waals surface area contributed by atoms with Gasteiger partial charge in [0.25, 0.3) is 0 Å². The number of rotatable bonds is 6. The molecule has 0 saturated heterocycles. The first-order valence-electron chi connectivity index (χ1n) is 7.36. The van der Waals surface area contributed by atoms with Crippen LogP contribution in [0.3, 0.4) is 0 Å². The van der Waals surface area contributed by atoms with Gasteiger partial charge < -0.3 is 10.2 Å². The quantitative estimate of drug-likeness (QED) is 0.794. The Bertz CT molecular complexity index is 567. The molecule has 112 valence electrons. The second-order valence-corrected chi connectivity index (χ2v) is 6.61. The zero-order chi connectivity index (χ0) is 15.2. The Labute approximate surface area is 136 Å². The van der Waals surface area contributed by atoms with Crippen molar-refractivity contribution in [2.45, 2.75) is 20.4 Å². The molecule has 2 aromatic carbocycles. The van der Waals surface area contributed by atoms with Crippen LogP contribution in [0.2, 0.25) is 0 Å². The third-order valence-corrected chi connectivity index (χ3v) is 3.91. The van der Waals surface area contributed by atoms with Gasteiger partial charge in [-0.2, -0.15) is 0 Å². The lowest BCUT2D eigenvalue weighted by atomic mass is 10.1. The summed E-state index contributed by atoms with van der Waals surface area (Å²) in [5, 5.41) is 3.53. The van der Waals surface area contributed by atoms with E-state index in [1.165, 1.54) is 16.9 Å². The first-order valence-corrected chi connectivity index (χ1v) is 8.15. The maximum absolute atomic E-state index is 3.58. The molecule has 1 N–H and O–H groups in total. The Morgan fingerprint density at radius 3 is 2.48 bits per heavy atom. The van der Waals surface area contributed by atoms with E-state index in [1.807, 2.05) is 6.07 Å². The van der Waals surface area contributed by atoms with Crippen molar-refractivity contribution in [3.63, 3.8) is 0 Å². The van der Waals surface area contributed by atoms with Crippen LogP contribution in [0.1, 0.15) is 19.4 Å². The molecule has 2 aromatic rings. The Kier molecular flexibility index (Phi) is 5.83. The van der Waals surface area contributed by atoms with Crippen molar-refractivity contribution >= 4 is 27.3 Å². The van der Waals surface area contributed by atoms with E-state index in [0.717, 1.165) is 17.6 Å². The van der Waals surface area contributed by atoms with Gasteiger partial charge in [0.15, 0.2) is 0 Å². The van der Waals surface area contributed by atoms with Gasteiger partial charge in [0.1, 0.15) is 0 Å². The Morgan fingerprint density at radius 2 is 1.81 bits per heavy atom. The number of nitrogens with one attached hydrogen (secondary N) is 1. The molecule has 0 fully saturated rings.